The van der Waals surface area contributed by atoms with Crippen molar-refractivity contribution in [3.05, 3.63) is 66.4 Å². The van der Waals surface area contributed by atoms with E-state index in [1.807, 2.05) is 54.7 Å². The van der Waals surface area contributed by atoms with Gasteiger partial charge in [0.1, 0.15) is 0 Å². The van der Waals surface area contributed by atoms with E-state index in [1.165, 1.54) is 5.56 Å². The Morgan fingerprint density at radius 3 is 2.42 bits per heavy atom. The lowest BCUT2D eigenvalue weighted by molar-refractivity contribution is 1.00. The van der Waals surface area contributed by atoms with Gasteiger partial charge >= 0.3 is 0 Å². The van der Waals surface area contributed by atoms with E-state index in [-0.39, 0.29) is 0 Å². The van der Waals surface area contributed by atoms with Crippen LogP contribution in [0, 0.1) is 0 Å². The van der Waals surface area contributed by atoms with Gasteiger partial charge < -0.3 is 0 Å². The number of aliphatic imine (C=N–C) groups is 1. The number of hydrogen-bond donors (Lipinski definition) is 0. The Bertz CT molecular complexity index is 1150. The topological polar surface area (TPSA) is 63.9 Å². The molecule has 0 N–H and O–H groups in total. The fourth-order valence-electron chi connectivity index (χ4n) is 3.11. The highest BCUT2D eigenvalue weighted by atomic mass is 14.9. The van der Waals surface area contributed by atoms with Gasteiger partial charge in [-0.2, -0.15) is 0 Å². The molecule has 26 heavy (non-hydrogen) atoms. The summed E-state index contributed by atoms with van der Waals surface area (Å²) >= 11 is 0. The van der Waals surface area contributed by atoms with E-state index in [9.17, 15) is 0 Å². The minimum absolute atomic E-state index is 0.721. The fourth-order valence-corrected chi connectivity index (χ4v) is 3.11. The van der Waals surface area contributed by atoms with Gasteiger partial charge in [0.05, 0.1) is 22.8 Å². The second-order valence-electron chi connectivity index (χ2n) is 6.18. The van der Waals surface area contributed by atoms with Crippen LogP contribution in [-0.2, 0) is 6.42 Å². The Kier molecular flexibility index (Phi) is 3.49. The normalized spacial score (nSPS) is 12.9. The van der Waals surface area contributed by atoms with Gasteiger partial charge in [0.15, 0.2) is 11.5 Å². The summed E-state index contributed by atoms with van der Waals surface area (Å²) in [5.41, 5.74) is 5.15. The van der Waals surface area contributed by atoms with Gasteiger partial charge in [-0.3, -0.25) is 0 Å². The van der Waals surface area contributed by atoms with Crippen LogP contribution in [0.1, 0.15) is 12.0 Å². The van der Waals surface area contributed by atoms with Crippen LogP contribution < -0.4 is 0 Å². The van der Waals surface area contributed by atoms with Crippen molar-refractivity contribution < 1.29 is 0 Å². The Balaban J connectivity index is 1.57. The molecule has 0 saturated heterocycles. The summed E-state index contributed by atoms with van der Waals surface area (Å²) in [6, 6.07) is 17.9. The summed E-state index contributed by atoms with van der Waals surface area (Å²) < 4.78 is 0. The molecule has 5 rings (SSSR count). The Morgan fingerprint density at radius 1 is 0.692 bits per heavy atom. The van der Waals surface area contributed by atoms with E-state index in [0.29, 0.717) is 0 Å². The molecule has 0 atom stereocenters. The zero-order valence-corrected chi connectivity index (χ0v) is 14.0. The van der Waals surface area contributed by atoms with Gasteiger partial charge in [0, 0.05) is 17.8 Å². The van der Waals surface area contributed by atoms with Crippen molar-refractivity contribution in [2.75, 3.05) is 0 Å². The molecule has 5 heteroatoms. The van der Waals surface area contributed by atoms with Crippen molar-refractivity contribution in [2.45, 2.75) is 12.8 Å². The summed E-state index contributed by atoms with van der Waals surface area (Å²) in [5.74, 6) is 0.800. The standard InChI is InChI=1S/C21H15N5/c1-6-16(18-10-8-14-4-2-12-22-20(14)25-18)24-17(7-1)19-11-9-15-5-3-13-23-21(15)26-19/h1-2,4,6-13H,3,5H2. The smallest absolute Gasteiger partial charge is 0.159 e. The molecule has 0 unspecified atom stereocenters. The maximum absolute atomic E-state index is 4.76. The first-order valence-electron chi connectivity index (χ1n) is 8.59. The molecular formula is C21H15N5. The highest BCUT2D eigenvalue weighted by Gasteiger charge is 2.11. The summed E-state index contributed by atoms with van der Waals surface area (Å²) in [4.78, 5) is 22.8. The van der Waals surface area contributed by atoms with Crippen molar-refractivity contribution in [1.82, 2.24) is 19.9 Å². The molecule has 0 radical (unpaired) electrons. The molecule has 0 amide bonds. The van der Waals surface area contributed by atoms with Crippen LogP contribution in [-0.4, -0.2) is 26.2 Å². The van der Waals surface area contributed by atoms with Crippen LogP contribution in [0.4, 0.5) is 5.82 Å². The van der Waals surface area contributed by atoms with Gasteiger partial charge in [-0.05, 0) is 60.9 Å². The number of hydrogen-bond acceptors (Lipinski definition) is 5. The van der Waals surface area contributed by atoms with Gasteiger partial charge in [-0.1, -0.05) is 12.1 Å². The predicted octanol–water partition coefficient (Wildman–Crippen LogP) is 4.40. The van der Waals surface area contributed by atoms with Crippen LogP contribution >= 0.6 is 0 Å². The minimum Gasteiger partial charge on any atom is -0.245 e. The van der Waals surface area contributed by atoms with E-state index >= 15 is 0 Å². The monoisotopic (exact) mass is 337 g/mol. The van der Waals surface area contributed by atoms with E-state index < -0.39 is 0 Å². The molecule has 5 heterocycles. The zero-order valence-electron chi connectivity index (χ0n) is 14.0. The van der Waals surface area contributed by atoms with Crippen molar-refractivity contribution in [3.8, 4) is 22.8 Å². The SMILES string of the molecule is C1=Nc2nc(-c3cccc(-c4ccc5cccnc5n4)n3)ccc2CC1. The number of rotatable bonds is 2. The summed E-state index contributed by atoms with van der Waals surface area (Å²) in [7, 11) is 0. The molecular weight excluding hydrogens is 322 g/mol. The second-order valence-corrected chi connectivity index (χ2v) is 6.18. The summed E-state index contributed by atoms with van der Waals surface area (Å²) in [6.07, 6.45) is 5.65. The van der Waals surface area contributed by atoms with Crippen LogP contribution in [0.2, 0.25) is 0 Å². The van der Waals surface area contributed by atoms with E-state index in [0.717, 1.165) is 52.5 Å². The van der Waals surface area contributed by atoms with Crippen molar-refractivity contribution in [3.63, 3.8) is 0 Å². The van der Waals surface area contributed by atoms with Gasteiger partial charge in [-0.15, -0.1) is 0 Å². The second kappa shape index (κ2) is 6.11. The number of nitrogens with zero attached hydrogens (tertiary/aromatic N) is 5. The molecule has 0 aromatic carbocycles. The number of aryl methyl sites for hydroxylation is 1. The highest BCUT2D eigenvalue weighted by Crippen LogP contribution is 2.27. The number of aromatic nitrogens is 4. The van der Waals surface area contributed by atoms with Crippen LogP contribution in [0.3, 0.4) is 0 Å². The first-order valence-corrected chi connectivity index (χ1v) is 8.59. The van der Waals surface area contributed by atoms with Gasteiger partial charge in [0.2, 0.25) is 0 Å². The van der Waals surface area contributed by atoms with Crippen LogP contribution in [0.5, 0.6) is 0 Å². The lowest BCUT2D eigenvalue weighted by Crippen LogP contribution is -1.98. The quantitative estimate of drug-likeness (QED) is 0.544. The molecule has 0 fully saturated rings. The molecule has 0 saturated carbocycles. The number of pyridine rings is 4. The van der Waals surface area contributed by atoms with Crippen molar-refractivity contribution in [2.24, 2.45) is 4.99 Å². The third-order valence-corrected chi connectivity index (χ3v) is 4.45. The molecule has 124 valence electrons. The van der Waals surface area contributed by atoms with Gasteiger partial charge in [0.25, 0.3) is 0 Å². The molecule has 0 bridgehead atoms. The lowest BCUT2D eigenvalue weighted by Gasteiger charge is -2.10. The Hall–Kier alpha value is -3.47. The highest BCUT2D eigenvalue weighted by molar-refractivity contribution is 5.77. The minimum atomic E-state index is 0.721. The Labute approximate surface area is 150 Å². The number of fused-ring (bicyclic) bond motifs is 2. The largest absolute Gasteiger partial charge is 0.245 e. The lowest BCUT2D eigenvalue weighted by atomic mass is 10.1. The zero-order chi connectivity index (χ0) is 17.3. The average Bonchev–Trinajstić information content (AvgIpc) is 2.73. The van der Waals surface area contributed by atoms with Crippen LogP contribution in [0.25, 0.3) is 33.8 Å². The third kappa shape index (κ3) is 2.63. The molecule has 5 nitrogen and oxygen atoms in total. The summed E-state index contributed by atoms with van der Waals surface area (Å²) in [5, 5.41) is 1.02. The first kappa shape index (κ1) is 14.8. The summed E-state index contributed by atoms with van der Waals surface area (Å²) in [6.45, 7) is 0. The predicted molar refractivity (Wildman–Crippen MR) is 102 cm³/mol. The van der Waals surface area contributed by atoms with E-state index in [2.05, 4.69) is 26.0 Å². The first-order chi connectivity index (χ1) is 12.9. The van der Waals surface area contributed by atoms with E-state index in [4.69, 9.17) is 4.98 Å². The van der Waals surface area contributed by atoms with Crippen molar-refractivity contribution >= 4 is 23.1 Å². The molecule has 4 aromatic heterocycles. The maximum atomic E-state index is 4.76. The third-order valence-electron chi connectivity index (χ3n) is 4.45. The van der Waals surface area contributed by atoms with Gasteiger partial charge in [-0.25, -0.2) is 24.9 Å². The molecule has 4 aromatic rings. The van der Waals surface area contributed by atoms with Crippen molar-refractivity contribution in [1.29, 1.82) is 0 Å². The molecule has 0 spiro atoms. The molecule has 1 aliphatic rings. The Morgan fingerprint density at radius 2 is 1.50 bits per heavy atom. The fraction of sp³-hybridized carbons (Fsp3) is 0.0952. The van der Waals surface area contributed by atoms with Crippen LogP contribution in [0.15, 0.2) is 65.8 Å². The molecule has 0 aliphatic carbocycles. The maximum Gasteiger partial charge on any atom is 0.159 e. The van der Waals surface area contributed by atoms with E-state index in [1.54, 1.807) is 6.20 Å². The average molecular weight is 337 g/mol. The molecule has 1 aliphatic heterocycles.